The molecule has 0 saturated carbocycles. The second kappa shape index (κ2) is 6.39. The Kier molecular flexibility index (Phi) is 4.58. The highest BCUT2D eigenvalue weighted by Crippen LogP contribution is 2.13. The highest BCUT2D eigenvalue weighted by atomic mass is 16.2. The smallest absolute Gasteiger partial charge is 0.251 e. The van der Waals surface area contributed by atoms with Crippen LogP contribution in [0.2, 0.25) is 0 Å². The molecule has 0 radical (unpaired) electrons. The van der Waals surface area contributed by atoms with Gasteiger partial charge in [-0.1, -0.05) is 25.1 Å². The number of carbonyl (C=O) groups is 1. The van der Waals surface area contributed by atoms with Crippen molar-refractivity contribution >= 4 is 11.6 Å². The second-order valence-electron chi connectivity index (χ2n) is 5.17. The van der Waals surface area contributed by atoms with Crippen LogP contribution in [0.15, 0.2) is 47.4 Å². The van der Waals surface area contributed by atoms with Gasteiger partial charge in [0.05, 0.1) is 0 Å². The number of aromatic nitrogens is 1. The second-order valence-corrected chi connectivity index (χ2v) is 5.17. The van der Waals surface area contributed by atoms with Crippen LogP contribution in [0.1, 0.15) is 31.0 Å². The largest absolute Gasteiger partial charge is 0.324 e. The number of benzene rings is 1. The predicted molar refractivity (Wildman–Crippen MR) is 84.6 cm³/mol. The molecule has 110 valence electrons. The molecule has 0 spiro atoms. The van der Waals surface area contributed by atoms with Gasteiger partial charge in [0, 0.05) is 18.0 Å². The van der Waals surface area contributed by atoms with Crippen molar-refractivity contribution in [3.05, 3.63) is 64.1 Å². The van der Waals surface area contributed by atoms with Crippen molar-refractivity contribution in [2.45, 2.75) is 33.2 Å². The number of amides is 1. The lowest BCUT2D eigenvalue weighted by Crippen LogP contribution is -2.31. The number of pyridine rings is 1. The van der Waals surface area contributed by atoms with Crippen molar-refractivity contribution in [3.63, 3.8) is 0 Å². The molecule has 2 aromatic rings. The summed E-state index contributed by atoms with van der Waals surface area (Å²) in [5.41, 5.74) is 2.73. The Bertz CT molecular complexity index is 687. The first-order valence-electron chi connectivity index (χ1n) is 7.10. The van der Waals surface area contributed by atoms with Gasteiger partial charge < -0.3 is 9.88 Å². The third kappa shape index (κ3) is 3.60. The lowest BCUT2D eigenvalue weighted by atomic mass is 10.1. The predicted octanol–water partition coefficient (Wildman–Crippen LogP) is 2.92. The zero-order valence-corrected chi connectivity index (χ0v) is 12.6. The maximum Gasteiger partial charge on any atom is 0.251 e. The van der Waals surface area contributed by atoms with Crippen LogP contribution in [0.5, 0.6) is 0 Å². The van der Waals surface area contributed by atoms with Crippen LogP contribution in [0.3, 0.4) is 0 Å². The Balaban J connectivity index is 2.15. The van der Waals surface area contributed by atoms with Crippen molar-refractivity contribution in [1.82, 2.24) is 4.57 Å². The molecule has 1 atom stereocenters. The van der Waals surface area contributed by atoms with Crippen LogP contribution in [0.25, 0.3) is 0 Å². The van der Waals surface area contributed by atoms with E-state index in [9.17, 15) is 9.59 Å². The molecule has 2 rings (SSSR count). The van der Waals surface area contributed by atoms with Gasteiger partial charge in [-0.2, -0.15) is 0 Å². The maximum atomic E-state index is 12.3. The van der Waals surface area contributed by atoms with Gasteiger partial charge in [0.25, 0.3) is 5.56 Å². The quantitative estimate of drug-likeness (QED) is 0.938. The van der Waals surface area contributed by atoms with Crippen molar-refractivity contribution in [2.75, 3.05) is 5.32 Å². The molecule has 4 nitrogen and oxygen atoms in total. The molecule has 0 aliphatic rings. The third-order valence-electron chi connectivity index (χ3n) is 3.51. The fourth-order valence-corrected chi connectivity index (χ4v) is 2.11. The van der Waals surface area contributed by atoms with E-state index in [4.69, 9.17) is 0 Å². The first kappa shape index (κ1) is 15.0. The normalized spacial score (nSPS) is 12.0. The summed E-state index contributed by atoms with van der Waals surface area (Å²) in [4.78, 5) is 24.1. The van der Waals surface area contributed by atoms with Crippen LogP contribution >= 0.6 is 0 Å². The molecule has 1 heterocycles. The molecule has 0 aliphatic carbocycles. The van der Waals surface area contributed by atoms with Crippen molar-refractivity contribution < 1.29 is 4.79 Å². The molecule has 21 heavy (non-hydrogen) atoms. The first-order chi connectivity index (χ1) is 10.0. The van der Waals surface area contributed by atoms with Gasteiger partial charge in [0.1, 0.15) is 6.04 Å². The molecule has 1 unspecified atom stereocenters. The summed E-state index contributed by atoms with van der Waals surface area (Å²) in [5.74, 6) is -0.202. The molecule has 1 amide bonds. The third-order valence-corrected chi connectivity index (χ3v) is 3.51. The number of hydrogen-bond donors (Lipinski definition) is 1. The standard InChI is InChI=1S/C17H20N2O2/c1-4-14-6-8-15(9-7-14)18-17(21)13(3)19-11-12(2)5-10-16(19)20/h5-11,13H,4H2,1-3H3,(H,18,21). The SMILES string of the molecule is CCc1ccc(NC(=O)C(C)n2cc(C)ccc2=O)cc1. The van der Waals surface area contributed by atoms with Crippen molar-refractivity contribution in [2.24, 2.45) is 0 Å². The average Bonchev–Trinajstić information content (AvgIpc) is 2.49. The van der Waals surface area contributed by atoms with Crippen LogP contribution < -0.4 is 10.9 Å². The summed E-state index contributed by atoms with van der Waals surface area (Å²) in [7, 11) is 0. The van der Waals surface area contributed by atoms with E-state index in [1.54, 1.807) is 19.2 Å². The van der Waals surface area contributed by atoms with Crippen LogP contribution in [0, 0.1) is 6.92 Å². The summed E-state index contributed by atoms with van der Waals surface area (Å²) < 4.78 is 1.45. The fourth-order valence-electron chi connectivity index (χ4n) is 2.11. The average molecular weight is 284 g/mol. The van der Waals surface area contributed by atoms with Gasteiger partial charge in [-0.05, 0) is 43.5 Å². The number of aryl methyl sites for hydroxylation is 2. The van der Waals surface area contributed by atoms with Gasteiger partial charge in [-0.15, -0.1) is 0 Å². The Labute approximate surface area is 124 Å². The van der Waals surface area contributed by atoms with Gasteiger partial charge in [0.15, 0.2) is 0 Å². The molecule has 0 fully saturated rings. The Morgan fingerprint density at radius 2 is 1.86 bits per heavy atom. The minimum Gasteiger partial charge on any atom is -0.324 e. The van der Waals surface area contributed by atoms with Crippen molar-refractivity contribution in [3.8, 4) is 0 Å². The van der Waals surface area contributed by atoms with Crippen LogP contribution in [0.4, 0.5) is 5.69 Å². The maximum absolute atomic E-state index is 12.3. The monoisotopic (exact) mass is 284 g/mol. The summed E-state index contributed by atoms with van der Waals surface area (Å²) >= 11 is 0. The van der Waals surface area contributed by atoms with E-state index >= 15 is 0 Å². The minimum absolute atomic E-state index is 0.176. The molecular weight excluding hydrogens is 264 g/mol. The summed E-state index contributed by atoms with van der Waals surface area (Å²) in [5, 5.41) is 2.84. The van der Waals surface area contributed by atoms with E-state index in [1.807, 2.05) is 31.2 Å². The summed E-state index contributed by atoms with van der Waals surface area (Å²) in [6, 6.07) is 10.4. The highest BCUT2D eigenvalue weighted by Gasteiger charge is 2.16. The van der Waals surface area contributed by atoms with Crippen LogP contribution in [-0.2, 0) is 11.2 Å². The Morgan fingerprint density at radius 3 is 2.48 bits per heavy atom. The van der Waals surface area contributed by atoms with E-state index in [2.05, 4.69) is 12.2 Å². The highest BCUT2D eigenvalue weighted by molar-refractivity contribution is 5.93. The number of anilines is 1. The number of nitrogens with one attached hydrogen (secondary N) is 1. The molecule has 1 N–H and O–H groups in total. The van der Waals surface area contributed by atoms with Gasteiger partial charge in [-0.25, -0.2) is 0 Å². The van der Waals surface area contributed by atoms with E-state index in [-0.39, 0.29) is 11.5 Å². The van der Waals surface area contributed by atoms with Crippen molar-refractivity contribution in [1.29, 1.82) is 0 Å². The molecular formula is C17H20N2O2. The zero-order valence-electron chi connectivity index (χ0n) is 12.6. The number of nitrogens with zero attached hydrogens (tertiary/aromatic N) is 1. The van der Waals surface area contributed by atoms with Gasteiger partial charge in [0.2, 0.25) is 5.91 Å². The molecule has 1 aromatic carbocycles. The van der Waals surface area contributed by atoms with Crippen LogP contribution in [-0.4, -0.2) is 10.5 Å². The molecule has 0 saturated heterocycles. The zero-order chi connectivity index (χ0) is 15.4. The van der Waals surface area contributed by atoms with E-state index in [0.29, 0.717) is 0 Å². The molecule has 0 aliphatic heterocycles. The molecule has 0 bridgehead atoms. The molecule has 1 aromatic heterocycles. The van der Waals surface area contributed by atoms with E-state index < -0.39 is 6.04 Å². The van der Waals surface area contributed by atoms with E-state index in [1.165, 1.54) is 16.2 Å². The topological polar surface area (TPSA) is 51.1 Å². The summed E-state index contributed by atoms with van der Waals surface area (Å²) in [6.07, 6.45) is 2.66. The van der Waals surface area contributed by atoms with E-state index in [0.717, 1.165) is 17.7 Å². The number of hydrogen-bond acceptors (Lipinski definition) is 2. The number of rotatable bonds is 4. The van der Waals surface area contributed by atoms with Gasteiger partial charge >= 0.3 is 0 Å². The Morgan fingerprint density at radius 1 is 1.19 bits per heavy atom. The number of carbonyl (C=O) groups excluding carboxylic acids is 1. The Hall–Kier alpha value is -2.36. The fraction of sp³-hybridized carbons (Fsp3) is 0.294. The molecule has 4 heteroatoms. The lowest BCUT2D eigenvalue weighted by molar-refractivity contribution is -0.118. The van der Waals surface area contributed by atoms with Gasteiger partial charge in [-0.3, -0.25) is 9.59 Å². The minimum atomic E-state index is -0.553. The first-order valence-corrected chi connectivity index (χ1v) is 7.10. The lowest BCUT2D eigenvalue weighted by Gasteiger charge is -2.15. The summed E-state index contributed by atoms with van der Waals surface area (Å²) in [6.45, 7) is 5.69.